The average molecular weight is 284 g/mol. The molecule has 2 unspecified atom stereocenters. The maximum atomic E-state index is 12.0. The predicted octanol–water partition coefficient (Wildman–Crippen LogP) is 2.61. The van der Waals surface area contributed by atoms with Crippen molar-refractivity contribution in [3.63, 3.8) is 0 Å². The van der Waals surface area contributed by atoms with E-state index in [9.17, 15) is 14.7 Å². The number of nitrogens with one attached hydrogen (secondary N) is 2. The van der Waals surface area contributed by atoms with Gasteiger partial charge in [0.15, 0.2) is 0 Å². The van der Waals surface area contributed by atoms with E-state index in [1.807, 2.05) is 0 Å². The van der Waals surface area contributed by atoms with E-state index < -0.39 is 17.4 Å². The number of aliphatic carboxylic acids is 1. The topological polar surface area (TPSA) is 78.4 Å². The van der Waals surface area contributed by atoms with Crippen LogP contribution in [0, 0.1) is 17.3 Å². The van der Waals surface area contributed by atoms with Crippen LogP contribution in [0.4, 0.5) is 4.79 Å². The Labute approximate surface area is 121 Å². The minimum Gasteiger partial charge on any atom is -0.480 e. The molecule has 0 aromatic carbocycles. The molecule has 1 saturated carbocycles. The van der Waals surface area contributed by atoms with Crippen LogP contribution >= 0.6 is 0 Å². The lowest BCUT2D eigenvalue weighted by Crippen LogP contribution is -2.54. The molecule has 5 nitrogen and oxygen atoms in total. The van der Waals surface area contributed by atoms with Gasteiger partial charge in [-0.05, 0) is 36.5 Å². The first kappa shape index (κ1) is 16.8. The van der Waals surface area contributed by atoms with Gasteiger partial charge in [0.1, 0.15) is 6.04 Å². The van der Waals surface area contributed by atoms with E-state index in [2.05, 4.69) is 24.5 Å². The Kier molecular flexibility index (Phi) is 5.42. The SMILES string of the molecule is CC1CC(C)CC(NC(=O)N[C@@H](C(=O)O)C(C)(C)C)C1. The molecule has 20 heavy (non-hydrogen) atoms. The zero-order chi connectivity index (χ0) is 15.5. The summed E-state index contributed by atoms with van der Waals surface area (Å²) in [5, 5.41) is 14.7. The quantitative estimate of drug-likeness (QED) is 0.745. The highest BCUT2D eigenvalue weighted by Gasteiger charge is 2.33. The Morgan fingerprint density at radius 3 is 2.00 bits per heavy atom. The Morgan fingerprint density at radius 1 is 1.10 bits per heavy atom. The van der Waals surface area contributed by atoms with Gasteiger partial charge in [-0.2, -0.15) is 0 Å². The first-order chi connectivity index (χ1) is 9.09. The summed E-state index contributed by atoms with van der Waals surface area (Å²) < 4.78 is 0. The fourth-order valence-electron chi connectivity index (χ4n) is 3.07. The summed E-state index contributed by atoms with van der Waals surface area (Å²) in [6.45, 7) is 9.79. The van der Waals surface area contributed by atoms with E-state index in [0.717, 1.165) is 12.8 Å². The van der Waals surface area contributed by atoms with Crippen molar-refractivity contribution in [1.29, 1.82) is 0 Å². The normalized spacial score (nSPS) is 28.6. The summed E-state index contributed by atoms with van der Waals surface area (Å²) in [5.74, 6) is 0.196. The van der Waals surface area contributed by atoms with Gasteiger partial charge in [0, 0.05) is 6.04 Å². The largest absolute Gasteiger partial charge is 0.480 e. The number of carboxylic acid groups (broad SMARTS) is 1. The van der Waals surface area contributed by atoms with Crippen LogP contribution < -0.4 is 10.6 Å². The van der Waals surface area contributed by atoms with Crippen LogP contribution in [-0.2, 0) is 4.79 Å². The lowest BCUT2D eigenvalue weighted by Gasteiger charge is -2.33. The number of carbonyl (C=O) groups excluding carboxylic acids is 1. The highest BCUT2D eigenvalue weighted by atomic mass is 16.4. The second-order valence-electron chi connectivity index (χ2n) is 7.37. The third-order valence-corrected chi connectivity index (χ3v) is 3.90. The maximum Gasteiger partial charge on any atom is 0.326 e. The summed E-state index contributed by atoms with van der Waals surface area (Å²) in [4.78, 5) is 23.2. The number of rotatable bonds is 3. The number of hydrogen-bond donors (Lipinski definition) is 3. The first-order valence-electron chi connectivity index (χ1n) is 7.39. The maximum absolute atomic E-state index is 12.0. The Bertz CT molecular complexity index is 353. The number of urea groups is 1. The first-order valence-corrected chi connectivity index (χ1v) is 7.39. The van der Waals surface area contributed by atoms with Crippen molar-refractivity contribution in [2.75, 3.05) is 0 Å². The molecule has 1 aliphatic carbocycles. The van der Waals surface area contributed by atoms with Crippen molar-refractivity contribution in [2.45, 2.75) is 66.0 Å². The molecule has 1 fully saturated rings. The van der Waals surface area contributed by atoms with Gasteiger partial charge < -0.3 is 15.7 Å². The number of amides is 2. The van der Waals surface area contributed by atoms with Gasteiger partial charge in [0.2, 0.25) is 0 Å². The van der Waals surface area contributed by atoms with Crippen molar-refractivity contribution < 1.29 is 14.7 Å². The third-order valence-electron chi connectivity index (χ3n) is 3.90. The molecule has 1 aliphatic rings. The van der Waals surface area contributed by atoms with E-state index >= 15 is 0 Å². The molecule has 0 heterocycles. The second kappa shape index (κ2) is 6.46. The Morgan fingerprint density at radius 2 is 1.60 bits per heavy atom. The average Bonchev–Trinajstić information content (AvgIpc) is 2.22. The van der Waals surface area contributed by atoms with Gasteiger partial charge in [0.05, 0.1) is 0 Å². The van der Waals surface area contributed by atoms with Crippen LogP contribution in [0.15, 0.2) is 0 Å². The van der Waals surface area contributed by atoms with Crippen LogP contribution in [0.2, 0.25) is 0 Å². The molecule has 0 spiro atoms. The molecule has 116 valence electrons. The molecule has 0 aromatic rings. The lowest BCUT2D eigenvalue weighted by molar-refractivity contribution is -0.141. The predicted molar refractivity (Wildman–Crippen MR) is 78.5 cm³/mol. The Balaban J connectivity index is 2.56. The van der Waals surface area contributed by atoms with Crippen molar-refractivity contribution in [3.8, 4) is 0 Å². The van der Waals surface area contributed by atoms with Gasteiger partial charge in [-0.25, -0.2) is 9.59 Å². The van der Waals surface area contributed by atoms with Gasteiger partial charge >= 0.3 is 12.0 Å². The third kappa shape index (κ3) is 5.02. The minimum atomic E-state index is -1.00. The van der Waals surface area contributed by atoms with E-state index in [1.54, 1.807) is 20.8 Å². The highest BCUT2D eigenvalue weighted by molar-refractivity contribution is 5.83. The molecular formula is C15H28N2O3. The molecule has 5 heteroatoms. The van der Waals surface area contributed by atoms with Crippen LogP contribution in [-0.4, -0.2) is 29.2 Å². The Hall–Kier alpha value is -1.26. The van der Waals surface area contributed by atoms with E-state index in [4.69, 9.17) is 0 Å². The zero-order valence-electron chi connectivity index (χ0n) is 13.2. The summed E-state index contributed by atoms with van der Waals surface area (Å²) in [6.07, 6.45) is 3.12. The van der Waals surface area contributed by atoms with E-state index in [0.29, 0.717) is 11.8 Å². The molecular weight excluding hydrogens is 256 g/mol. The lowest BCUT2D eigenvalue weighted by atomic mass is 9.80. The minimum absolute atomic E-state index is 0.142. The molecule has 2 amide bonds. The standard InChI is InChI=1S/C15H28N2O3/c1-9-6-10(2)8-11(7-9)16-14(20)17-12(13(18)19)15(3,4)5/h9-12H,6-8H2,1-5H3,(H,18,19)(H2,16,17,20)/t9?,10?,11?,12-/m0/s1. The van der Waals surface area contributed by atoms with Crippen LogP contribution in [0.3, 0.4) is 0 Å². The summed E-state index contributed by atoms with van der Waals surface area (Å²) in [7, 11) is 0. The number of hydrogen-bond acceptors (Lipinski definition) is 2. The molecule has 0 aliphatic heterocycles. The summed E-state index contributed by atoms with van der Waals surface area (Å²) in [6, 6.07) is -1.12. The number of carboxylic acids is 1. The van der Waals surface area contributed by atoms with Gasteiger partial charge in [-0.15, -0.1) is 0 Å². The van der Waals surface area contributed by atoms with E-state index in [-0.39, 0.29) is 12.1 Å². The molecule has 0 bridgehead atoms. The fraction of sp³-hybridized carbons (Fsp3) is 0.867. The molecule has 3 N–H and O–H groups in total. The smallest absolute Gasteiger partial charge is 0.326 e. The van der Waals surface area contributed by atoms with Crippen LogP contribution in [0.1, 0.15) is 53.9 Å². The summed E-state index contributed by atoms with van der Waals surface area (Å²) in [5.41, 5.74) is -0.518. The van der Waals surface area contributed by atoms with Crippen LogP contribution in [0.25, 0.3) is 0 Å². The van der Waals surface area contributed by atoms with E-state index in [1.165, 1.54) is 6.42 Å². The van der Waals surface area contributed by atoms with Crippen molar-refractivity contribution >= 4 is 12.0 Å². The van der Waals surface area contributed by atoms with Crippen molar-refractivity contribution in [3.05, 3.63) is 0 Å². The van der Waals surface area contributed by atoms with Crippen molar-refractivity contribution in [1.82, 2.24) is 10.6 Å². The molecule has 0 saturated heterocycles. The molecule has 3 atom stereocenters. The van der Waals surface area contributed by atoms with Gasteiger partial charge in [-0.3, -0.25) is 0 Å². The van der Waals surface area contributed by atoms with Crippen molar-refractivity contribution in [2.24, 2.45) is 17.3 Å². The molecule has 0 aromatic heterocycles. The van der Waals surface area contributed by atoms with Gasteiger partial charge in [0.25, 0.3) is 0 Å². The second-order valence-corrected chi connectivity index (χ2v) is 7.37. The molecule has 0 radical (unpaired) electrons. The van der Waals surface area contributed by atoms with Crippen LogP contribution in [0.5, 0.6) is 0 Å². The summed E-state index contributed by atoms with van der Waals surface area (Å²) >= 11 is 0. The highest BCUT2D eigenvalue weighted by Crippen LogP contribution is 2.28. The zero-order valence-corrected chi connectivity index (χ0v) is 13.2. The monoisotopic (exact) mass is 284 g/mol. The number of carbonyl (C=O) groups is 2. The van der Waals surface area contributed by atoms with Gasteiger partial charge in [-0.1, -0.05) is 34.6 Å². The molecule has 1 rings (SSSR count). The fourth-order valence-corrected chi connectivity index (χ4v) is 3.07.